The zero-order chi connectivity index (χ0) is 19.2. The van der Waals surface area contributed by atoms with Gasteiger partial charge in [-0.05, 0) is 30.7 Å². The number of carboxylic acids is 1. The third-order valence-electron chi connectivity index (χ3n) is 5.12. The van der Waals surface area contributed by atoms with Crippen molar-refractivity contribution in [2.45, 2.75) is 65.2 Å². The van der Waals surface area contributed by atoms with Crippen LogP contribution in [0.4, 0.5) is 0 Å². The molecule has 5 heteroatoms. The van der Waals surface area contributed by atoms with Crippen molar-refractivity contribution in [3.8, 4) is 5.75 Å². The molecule has 0 spiro atoms. The first-order valence-corrected chi connectivity index (χ1v) is 9.17. The zero-order valence-electron chi connectivity index (χ0n) is 16.1. The summed E-state index contributed by atoms with van der Waals surface area (Å²) in [5.41, 5.74) is 1.02. The molecule has 0 saturated carbocycles. The number of carboxylic acid groups (broad SMARTS) is 1. The number of nitrogens with zero attached hydrogens (tertiary/aromatic N) is 1. The normalized spacial score (nSPS) is 18.0. The van der Waals surface area contributed by atoms with Gasteiger partial charge in [-0.25, -0.2) is 4.79 Å². The van der Waals surface area contributed by atoms with Crippen LogP contribution in [0.25, 0.3) is 10.8 Å². The van der Waals surface area contributed by atoms with Gasteiger partial charge in [-0.2, -0.15) is 4.57 Å². The summed E-state index contributed by atoms with van der Waals surface area (Å²) in [7, 11) is 0. The molecular weight excluding hydrogens is 330 g/mol. The number of hydrogen-bond acceptors (Lipinski definition) is 3. The number of aryl methyl sites for hydroxylation is 1. The highest BCUT2D eigenvalue weighted by Gasteiger charge is 2.37. The number of fused-ring (bicyclic) bond motifs is 3. The van der Waals surface area contributed by atoms with Crippen LogP contribution in [0, 0.1) is 12.8 Å². The third kappa shape index (κ3) is 3.40. The minimum Gasteiger partial charge on any atom is -0.486 e. The number of aliphatic hydroxyl groups is 1. The van der Waals surface area contributed by atoms with Gasteiger partial charge in [0.25, 0.3) is 6.04 Å². The lowest BCUT2D eigenvalue weighted by atomic mass is 9.96. The van der Waals surface area contributed by atoms with Crippen LogP contribution in [0.15, 0.2) is 24.4 Å². The highest BCUT2D eigenvalue weighted by molar-refractivity contribution is 5.89. The molecule has 1 aliphatic heterocycles. The van der Waals surface area contributed by atoms with Crippen LogP contribution in [0.5, 0.6) is 5.75 Å². The van der Waals surface area contributed by atoms with Crippen molar-refractivity contribution in [1.29, 1.82) is 0 Å². The average Bonchev–Trinajstić information content (AvgIpc) is 2.96. The molecule has 5 nitrogen and oxygen atoms in total. The average molecular weight is 358 g/mol. The number of aliphatic carboxylic acids is 1. The molecule has 0 saturated heterocycles. The van der Waals surface area contributed by atoms with Crippen LogP contribution in [0.1, 0.15) is 51.4 Å². The maximum absolute atomic E-state index is 11.9. The van der Waals surface area contributed by atoms with E-state index in [1.807, 2.05) is 49.7 Å². The second kappa shape index (κ2) is 6.54. The van der Waals surface area contributed by atoms with Crippen molar-refractivity contribution >= 4 is 16.7 Å². The van der Waals surface area contributed by atoms with E-state index in [0.717, 1.165) is 27.8 Å². The Hall–Kier alpha value is -2.14. The van der Waals surface area contributed by atoms with Crippen molar-refractivity contribution < 1.29 is 24.3 Å². The van der Waals surface area contributed by atoms with E-state index in [2.05, 4.69) is 0 Å². The van der Waals surface area contributed by atoms with Crippen LogP contribution in [0.2, 0.25) is 0 Å². The van der Waals surface area contributed by atoms with Crippen LogP contribution in [-0.2, 0) is 11.2 Å². The number of rotatable bonds is 5. The van der Waals surface area contributed by atoms with Crippen molar-refractivity contribution in [3.63, 3.8) is 0 Å². The monoisotopic (exact) mass is 358 g/mol. The van der Waals surface area contributed by atoms with Crippen molar-refractivity contribution in [2.75, 3.05) is 0 Å². The van der Waals surface area contributed by atoms with Gasteiger partial charge in [-0.3, -0.25) is 0 Å². The Balaban J connectivity index is 2.12. The van der Waals surface area contributed by atoms with E-state index < -0.39 is 17.6 Å². The molecule has 1 aliphatic rings. The fourth-order valence-corrected chi connectivity index (χ4v) is 3.65. The minimum absolute atomic E-state index is 0.274. The number of ether oxygens (including phenoxy) is 1. The van der Waals surface area contributed by atoms with E-state index in [1.165, 1.54) is 0 Å². The fraction of sp³-hybridized carbons (Fsp3) is 0.524. The zero-order valence-corrected chi connectivity index (χ0v) is 16.1. The largest absolute Gasteiger partial charge is 0.486 e. The van der Waals surface area contributed by atoms with Crippen molar-refractivity contribution in [2.24, 2.45) is 5.92 Å². The molecule has 26 heavy (non-hydrogen) atoms. The maximum atomic E-state index is 11.9. The van der Waals surface area contributed by atoms with E-state index in [9.17, 15) is 15.0 Å². The van der Waals surface area contributed by atoms with Gasteiger partial charge >= 0.3 is 5.97 Å². The van der Waals surface area contributed by atoms with Gasteiger partial charge in [-0.15, -0.1) is 0 Å². The Morgan fingerprint density at radius 3 is 2.65 bits per heavy atom. The standard InChI is InChI=1S/C21H27NO4/c1-12(2)8-17(20(23)24)22-11-16-14(9-13(22)3)6-7-15-10-18(21(4,5)25)26-19(15)16/h6-7,9,11-12,17-18,25H,8,10H2,1-5H3/p+1/t17-,18-/m1/s1. The first kappa shape index (κ1) is 18.6. The molecule has 2 N–H and O–H groups in total. The van der Waals surface area contributed by atoms with E-state index in [-0.39, 0.29) is 12.0 Å². The lowest BCUT2D eigenvalue weighted by molar-refractivity contribution is -0.716. The van der Waals surface area contributed by atoms with Gasteiger partial charge in [0.1, 0.15) is 11.9 Å². The molecule has 3 rings (SSSR count). The van der Waals surface area contributed by atoms with E-state index in [1.54, 1.807) is 13.8 Å². The highest BCUT2D eigenvalue weighted by Crippen LogP contribution is 2.38. The van der Waals surface area contributed by atoms with Crippen LogP contribution < -0.4 is 9.30 Å². The molecule has 2 aromatic rings. The topological polar surface area (TPSA) is 70.6 Å². The smallest absolute Gasteiger partial charge is 0.373 e. The van der Waals surface area contributed by atoms with Gasteiger partial charge in [0.15, 0.2) is 11.9 Å². The first-order valence-electron chi connectivity index (χ1n) is 9.17. The summed E-state index contributed by atoms with van der Waals surface area (Å²) in [5.74, 6) is 0.210. The summed E-state index contributed by atoms with van der Waals surface area (Å²) in [6.45, 7) is 9.49. The summed E-state index contributed by atoms with van der Waals surface area (Å²) in [6.07, 6.45) is 2.81. The summed E-state index contributed by atoms with van der Waals surface area (Å²) in [6, 6.07) is 5.48. The van der Waals surface area contributed by atoms with Crippen molar-refractivity contribution in [3.05, 3.63) is 35.7 Å². The third-order valence-corrected chi connectivity index (χ3v) is 5.12. The Bertz CT molecular complexity index is 851. The molecule has 140 valence electrons. The molecule has 1 aromatic heterocycles. The number of aromatic nitrogens is 1. The van der Waals surface area contributed by atoms with Gasteiger partial charge in [0.05, 0.1) is 11.0 Å². The SMILES string of the molecule is Cc1cc2ccc3c(c2c[n+]1[C@H](CC(C)C)C(=O)O)O[C@@H](C(C)(C)O)C3. The molecular formula is C21H28NO4+. The van der Waals surface area contributed by atoms with Gasteiger partial charge in [0.2, 0.25) is 0 Å². The van der Waals surface area contributed by atoms with E-state index in [0.29, 0.717) is 12.8 Å². The Labute approximate surface area is 154 Å². The second-order valence-corrected chi connectivity index (χ2v) is 8.33. The lowest BCUT2D eigenvalue weighted by Gasteiger charge is -2.24. The summed E-state index contributed by atoms with van der Waals surface area (Å²) in [4.78, 5) is 11.9. The summed E-state index contributed by atoms with van der Waals surface area (Å²) >= 11 is 0. The van der Waals surface area contributed by atoms with Crippen LogP contribution in [-0.4, -0.2) is 27.9 Å². The Kier molecular flexibility index (Phi) is 4.69. The molecule has 0 radical (unpaired) electrons. The predicted octanol–water partition coefficient (Wildman–Crippen LogP) is 3.18. The van der Waals surface area contributed by atoms with Gasteiger partial charge in [0, 0.05) is 25.8 Å². The fourth-order valence-electron chi connectivity index (χ4n) is 3.65. The Morgan fingerprint density at radius 2 is 2.08 bits per heavy atom. The van der Waals surface area contributed by atoms with Gasteiger partial charge < -0.3 is 14.9 Å². The maximum Gasteiger partial charge on any atom is 0.373 e. The van der Waals surface area contributed by atoms with E-state index >= 15 is 0 Å². The molecule has 2 heterocycles. The summed E-state index contributed by atoms with van der Waals surface area (Å²) < 4.78 is 7.93. The molecule has 2 atom stereocenters. The van der Waals surface area contributed by atoms with Crippen molar-refractivity contribution in [1.82, 2.24) is 0 Å². The number of benzene rings is 1. The quantitative estimate of drug-likeness (QED) is 0.806. The van der Waals surface area contributed by atoms with E-state index in [4.69, 9.17) is 4.74 Å². The highest BCUT2D eigenvalue weighted by atomic mass is 16.5. The minimum atomic E-state index is -0.937. The predicted molar refractivity (Wildman–Crippen MR) is 99.4 cm³/mol. The molecule has 0 bridgehead atoms. The summed E-state index contributed by atoms with van der Waals surface area (Å²) in [5, 5.41) is 22.0. The molecule has 0 unspecified atom stereocenters. The number of carbonyl (C=O) groups is 1. The number of hydrogen-bond donors (Lipinski definition) is 2. The lowest BCUT2D eigenvalue weighted by Crippen LogP contribution is -2.46. The second-order valence-electron chi connectivity index (χ2n) is 8.33. The Morgan fingerprint density at radius 1 is 1.38 bits per heavy atom. The van der Waals surface area contributed by atoms with Gasteiger partial charge in [-0.1, -0.05) is 26.0 Å². The van der Waals surface area contributed by atoms with Crippen LogP contribution in [0.3, 0.4) is 0 Å². The molecule has 0 fully saturated rings. The number of pyridine rings is 1. The van der Waals surface area contributed by atoms with Crippen LogP contribution >= 0.6 is 0 Å². The molecule has 0 aliphatic carbocycles. The first-order chi connectivity index (χ1) is 12.1. The molecule has 0 amide bonds. The molecule has 1 aromatic carbocycles.